The second-order valence-corrected chi connectivity index (χ2v) is 5.96. The fourth-order valence-corrected chi connectivity index (χ4v) is 3.31. The minimum absolute atomic E-state index is 0.491. The average molecular weight is 310 g/mol. The molecular weight excluding hydrogens is 298 g/mol. The first-order chi connectivity index (χ1) is 8.16. The monoisotopic (exact) mass is 309 g/mol. The molecule has 2 rings (SSSR count). The summed E-state index contributed by atoms with van der Waals surface area (Å²) >= 11 is 3.45. The summed E-state index contributed by atoms with van der Waals surface area (Å²) in [6.45, 7) is 0. The van der Waals surface area contributed by atoms with Crippen LogP contribution in [0, 0.1) is 0 Å². The topological polar surface area (TPSA) is 43.1 Å². The van der Waals surface area contributed by atoms with Gasteiger partial charge in [0.25, 0.3) is 0 Å². The lowest BCUT2D eigenvalue weighted by atomic mass is 10.2. The van der Waals surface area contributed by atoms with Crippen LogP contribution in [0.25, 0.3) is 0 Å². The maximum Gasteiger partial charge on any atom is 0.0575 e. The predicted octanol–water partition coefficient (Wildman–Crippen LogP) is 3.34. The van der Waals surface area contributed by atoms with Crippen LogP contribution >= 0.6 is 15.9 Å². The van der Waals surface area contributed by atoms with E-state index in [9.17, 15) is 4.21 Å². The standard InChI is InChI=1S/C13H12BrNOS/c14-13-7-2-1-4-10(13)9-17(16)12-6-3-5-11(15)8-12/h1-8H,9,15H2. The Morgan fingerprint density at radius 2 is 1.88 bits per heavy atom. The van der Waals surface area contributed by atoms with Crippen molar-refractivity contribution >= 4 is 32.4 Å². The van der Waals surface area contributed by atoms with E-state index in [1.807, 2.05) is 36.4 Å². The van der Waals surface area contributed by atoms with Crippen molar-refractivity contribution in [3.63, 3.8) is 0 Å². The van der Waals surface area contributed by atoms with E-state index in [-0.39, 0.29) is 0 Å². The molecule has 17 heavy (non-hydrogen) atoms. The number of hydrogen-bond donors (Lipinski definition) is 1. The van der Waals surface area contributed by atoms with Crippen LogP contribution in [0.3, 0.4) is 0 Å². The van der Waals surface area contributed by atoms with Gasteiger partial charge in [-0.2, -0.15) is 0 Å². The van der Waals surface area contributed by atoms with Crippen molar-refractivity contribution in [1.82, 2.24) is 0 Å². The molecule has 0 aliphatic carbocycles. The Kier molecular flexibility index (Phi) is 3.97. The van der Waals surface area contributed by atoms with Gasteiger partial charge in [0.2, 0.25) is 0 Å². The summed E-state index contributed by atoms with van der Waals surface area (Å²) in [5.41, 5.74) is 7.35. The third kappa shape index (κ3) is 3.17. The Morgan fingerprint density at radius 3 is 2.59 bits per heavy atom. The van der Waals surface area contributed by atoms with Crippen molar-refractivity contribution in [1.29, 1.82) is 0 Å². The predicted molar refractivity (Wildman–Crippen MR) is 75.1 cm³/mol. The molecule has 2 aromatic rings. The van der Waals surface area contributed by atoms with Gasteiger partial charge < -0.3 is 5.73 Å². The molecule has 0 fully saturated rings. The molecule has 0 aromatic heterocycles. The van der Waals surface area contributed by atoms with Crippen molar-refractivity contribution < 1.29 is 4.21 Å². The highest BCUT2D eigenvalue weighted by Gasteiger charge is 2.07. The Labute approximate surface area is 111 Å². The number of rotatable bonds is 3. The van der Waals surface area contributed by atoms with Crippen molar-refractivity contribution in [3.8, 4) is 0 Å². The summed E-state index contributed by atoms with van der Waals surface area (Å²) in [5, 5.41) is 0. The summed E-state index contributed by atoms with van der Waals surface area (Å²) in [7, 11) is -1.06. The molecule has 0 radical (unpaired) electrons. The van der Waals surface area contributed by atoms with E-state index in [4.69, 9.17) is 5.73 Å². The lowest BCUT2D eigenvalue weighted by molar-refractivity contribution is 0.682. The van der Waals surface area contributed by atoms with Gasteiger partial charge in [-0.25, -0.2) is 0 Å². The highest BCUT2D eigenvalue weighted by atomic mass is 79.9. The Balaban J connectivity index is 2.20. The van der Waals surface area contributed by atoms with Gasteiger partial charge in [-0.05, 0) is 29.8 Å². The van der Waals surface area contributed by atoms with Crippen molar-refractivity contribution in [2.24, 2.45) is 0 Å². The Bertz CT molecular complexity index is 557. The maximum atomic E-state index is 12.2. The molecule has 88 valence electrons. The van der Waals surface area contributed by atoms with Crippen LogP contribution in [0.15, 0.2) is 57.9 Å². The van der Waals surface area contributed by atoms with Gasteiger partial charge in [0, 0.05) is 15.1 Å². The van der Waals surface area contributed by atoms with Crippen LogP contribution in [-0.2, 0) is 16.6 Å². The first kappa shape index (κ1) is 12.3. The number of benzene rings is 2. The van der Waals surface area contributed by atoms with Gasteiger partial charge in [-0.1, -0.05) is 40.2 Å². The van der Waals surface area contributed by atoms with Crippen molar-refractivity contribution in [3.05, 3.63) is 58.6 Å². The highest BCUT2D eigenvalue weighted by molar-refractivity contribution is 9.10. The minimum Gasteiger partial charge on any atom is -0.399 e. The minimum atomic E-state index is -1.06. The van der Waals surface area contributed by atoms with E-state index in [1.165, 1.54) is 0 Å². The molecule has 1 atom stereocenters. The van der Waals surface area contributed by atoms with Crippen molar-refractivity contribution in [2.75, 3.05) is 5.73 Å². The lowest BCUT2D eigenvalue weighted by Crippen LogP contribution is -1.98. The average Bonchev–Trinajstić information content (AvgIpc) is 2.32. The molecule has 1 unspecified atom stereocenters. The number of halogens is 1. The second kappa shape index (κ2) is 5.47. The molecule has 0 spiro atoms. The first-order valence-corrected chi connectivity index (χ1v) is 7.25. The molecule has 0 aliphatic rings. The van der Waals surface area contributed by atoms with Crippen LogP contribution in [-0.4, -0.2) is 4.21 Å². The molecule has 2 aromatic carbocycles. The second-order valence-electron chi connectivity index (χ2n) is 3.65. The fourth-order valence-electron chi connectivity index (χ4n) is 1.50. The van der Waals surface area contributed by atoms with Crippen LogP contribution in [0.2, 0.25) is 0 Å². The van der Waals surface area contributed by atoms with E-state index in [0.29, 0.717) is 11.4 Å². The molecule has 2 nitrogen and oxygen atoms in total. The molecule has 0 saturated heterocycles. The lowest BCUT2D eigenvalue weighted by Gasteiger charge is -2.05. The molecule has 0 heterocycles. The molecular formula is C13H12BrNOS. The molecule has 2 N–H and O–H groups in total. The smallest absolute Gasteiger partial charge is 0.0575 e. The van der Waals surface area contributed by atoms with E-state index in [0.717, 1.165) is 14.9 Å². The van der Waals surface area contributed by atoms with Crippen LogP contribution in [0.4, 0.5) is 5.69 Å². The summed E-state index contributed by atoms with van der Waals surface area (Å²) in [5.74, 6) is 0.491. The third-order valence-corrected chi connectivity index (χ3v) is 4.49. The van der Waals surface area contributed by atoms with Crippen molar-refractivity contribution in [2.45, 2.75) is 10.6 Å². The fraction of sp³-hybridized carbons (Fsp3) is 0.0769. The van der Waals surface area contributed by atoms with E-state index in [2.05, 4.69) is 15.9 Å². The summed E-state index contributed by atoms with van der Waals surface area (Å²) in [6, 6.07) is 15.0. The zero-order chi connectivity index (χ0) is 12.3. The highest BCUT2D eigenvalue weighted by Crippen LogP contribution is 2.20. The van der Waals surface area contributed by atoms with Gasteiger partial charge in [-0.3, -0.25) is 4.21 Å². The van der Waals surface area contributed by atoms with E-state index >= 15 is 0 Å². The Morgan fingerprint density at radius 1 is 1.12 bits per heavy atom. The normalized spacial score (nSPS) is 12.3. The number of nitrogen functional groups attached to an aromatic ring is 1. The zero-order valence-electron chi connectivity index (χ0n) is 9.10. The van der Waals surface area contributed by atoms with Gasteiger partial charge in [0.05, 0.1) is 16.6 Å². The summed E-state index contributed by atoms with van der Waals surface area (Å²) in [6.07, 6.45) is 0. The van der Waals surface area contributed by atoms with Gasteiger partial charge in [-0.15, -0.1) is 0 Å². The first-order valence-electron chi connectivity index (χ1n) is 5.14. The SMILES string of the molecule is Nc1cccc(S(=O)Cc2ccccc2Br)c1. The quantitative estimate of drug-likeness (QED) is 0.884. The summed E-state index contributed by atoms with van der Waals surface area (Å²) < 4.78 is 13.1. The van der Waals surface area contributed by atoms with Gasteiger partial charge >= 0.3 is 0 Å². The van der Waals surface area contributed by atoms with Crippen LogP contribution in [0.1, 0.15) is 5.56 Å². The maximum absolute atomic E-state index is 12.2. The number of nitrogens with two attached hydrogens (primary N) is 1. The van der Waals surface area contributed by atoms with Gasteiger partial charge in [0.15, 0.2) is 0 Å². The molecule has 0 saturated carbocycles. The molecule has 0 amide bonds. The van der Waals surface area contributed by atoms with Crippen LogP contribution < -0.4 is 5.73 Å². The molecule has 0 aliphatic heterocycles. The van der Waals surface area contributed by atoms with E-state index in [1.54, 1.807) is 12.1 Å². The number of hydrogen-bond acceptors (Lipinski definition) is 2. The Hall–Kier alpha value is -1.13. The number of anilines is 1. The molecule has 4 heteroatoms. The molecule has 0 bridgehead atoms. The van der Waals surface area contributed by atoms with Gasteiger partial charge in [0.1, 0.15) is 0 Å². The van der Waals surface area contributed by atoms with Crippen LogP contribution in [0.5, 0.6) is 0 Å². The van der Waals surface area contributed by atoms with E-state index < -0.39 is 10.8 Å². The summed E-state index contributed by atoms with van der Waals surface area (Å²) in [4.78, 5) is 0.765. The third-order valence-electron chi connectivity index (χ3n) is 2.37. The largest absolute Gasteiger partial charge is 0.399 e. The zero-order valence-corrected chi connectivity index (χ0v) is 11.5.